The van der Waals surface area contributed by atoms with Gasteiger partial charge in [-0.2, -0.15) is 0 Å². The number of nitrogens with one attached hydrogen (secondary N) is 1. The Labute approximate surface area is 185 Å². The monoisotopic (exact) mass is 418 g/mol. The predicted octanol–water partition coefficient (Wildman–Crippen LogP) is 1.97. The smallest absolute Gasteiger partial charge is 0.124 e. The van der Waals surface area contributed by atoms with Crippen molar-refractivity contribution in [2.75, 3.05) is 20.6 Å². The largest absolute Gasteiger partial charge is 0.390 e. The van der Waals surface area contributed by atoms with Gasteiger partial charge in [-0.3, -0.25) is 9.89 Å². The summed E-state index contributed by atoms with van der Waals surface area (Å²) in [6.07, 6.45) is 7.75. The third-order valence-corrected chi connectivity index (χ3v) is 7.90. The molecule has 1 aromatic carbocycles. The Kier molecular flexibility index (Phi) is 4.94. The fourth-order valence-corrected chi connectivity index (χ4v) is 6.43. The second kappa shape index (κ2) is 7.53. The van der Waals surface area contributed by atoms with Crippen molar-refractivity contribution in [1.82, 2.24) is 15.1 Å². The number of aliphatic imine (C=N–C) groups is 1. The summed E-state index contributed by atoms with van der Waals surface area (Å²) in [6, 6.07) is 11.6. The van der Waals surface area contributed by atoms with Crippen LogP contribution in [0, 0.1) is 5.41 Å². The van der Waals surface area contributed by atoms with E-state index < -0.39 is 0 Å². The van der Waals surface area contributed by atoms with E-state index in [0.29, 0.717) is 18.4 Å². The molecule has 1 aromatic rings. The molecule has 6 heteroatoms. The number of amidine groups is 1. The molecule has 0 spiro atoms. The summed E-state index contributed by atoms with van der Waals surface area (Å²) < 4.78 is 0. The molecule has 4 heterocycles. The SMILES string of the molecule is C=C1CCC([C@H]2N(Cc3ccccc3)C3C=CC2(C2=C(NC)CN=C2N)CC3N)N1C. The van der Waals surface area contributed by atoms with E-state index in [1.54, 1.807) is 0 Å². The molecule has 0 amide bonds. The average Bonchev–Trinajstić information content (AvgIpc) is 3.31. The number of nitrogens with two attached hydrogens (primary N) is 2. The van der Waals surface area contributed by atoms with Gasteiger partial charge >= 0.3 is 0 Å². The van der Waals surface area contributed by atoms with E-state index in [1.807, 2.05) is 7.05 Å². The van der Waals surface area contributed by atoms with E-state index in [-0.39, 0.29) is 23.5 Å². The van der Waals surface area contributed by atoms with E-state index >= 15 is 0 Å². The number of fused-ring (bicyclic) bond motifs is 2. The number of benzene rings is 1. The average molecular weight is 419 g/mol. The molecule has 4 unspecified atom stereocenters. The van der Waals surface area contributed by atoms with Crippen LogP contribution in [0.1, 0.15) is 24.8 Å². The number of rotatable bonds is 5. The van der Waals surface area contributed by atoms with Gasteiger partial charge in [0.05, 0.1) is 6.54 Å². The summed E-state index contributed by atoms with van der Waals surface area (Å²) in [4.78, 5) is 9.65. The van der Waals surface area contributed by atoms with Crippen LogP contribution in [-0.4, -0.2) is 60.4 Å². The summed E-state index contributed by atoms with van der Waals surface area (Å²) in [5.74, 6) is 0.658. The van der Waals surface area contributed by atoms with Gasteiger partial charge in [0.25, 0.3) is 0 Å². The normalized spacial score (nSPS) is 35.3. The number of hydrogen-bond donors (Lipinski definition) is 3. The summed E-state index contributed by atoms with van der Waals surface area (Å²) >= 11 is 0. The molecule has 164 valence electrons. The van der Waals surface area contributed by atoms with Crippen molar-refractivity contribution in [2.45, 2.75) is 50.0 Å². The summed E-state index contributed by atoms with van der Waals surface area (Å²) in [6.45, 7) is 5.81. The molecule has 5 N–H and O–H groups in total. The number of likely N-dealkylation sites (N-methyl/N-ethyl adjacent to an activating group) is 2. The molecule has 6 nitrogen and oxygen atoms in total. The highest BCUT2D eigenvalue weighted by Crippen LogP contribution is 2.54. The summed E-state index contributed by atoms with van der Waals surface area (Å²) in [5, 5.41) is 3.39. The first-order chi connectivity index (χ1) is 15.0. The molecule has 0 radical (unpaired) electrons. The van der Waals surface area contributed by atoms with Crippen molar-refractivity contribution in [2.24, 2.45) is 21.9 Å². The summed E-state index contributed by atoms with van der Waals surface area (Å²) in [7, 11) is 4.16. The molecular formula is C25H34N6. The molecule has 1 aliphatic carbocycles. The number of likely N-dealkylation sites (tertiary alicyclic amines) is 1. The van der Waals surface area contributed by atoms with Crippen molar-refractivity contribution in [3.8, 4) is 0 Å². The van der Waals surface area contributed by atoms with Crippen molar-refractivity contribution >= 4 is 5.84 Å². The quantitative estimate of drug-likeness (QED) is 0.637. The van der Waals surface area contributed by atoms with Crippen LogP contribution < -0.4 is 16.8 Å². The first-order valence-electron chi connectivity index (χ1n) is 11.3. The number of piperidine rings is 1. The molecule has 31 heavy (non-hydrogen) atoms. The van der Waals surface area contributed by atoms with Gasteiger partial charge in [-0.05, 0) is 24.8 Å². The van der Waals surface area contributed by atoms with Crippen LogP contribution in [-0.2, 0) is 6.54 Å². The topological polar surface area (TPSA) is 82.9 Å². The van der Waals surface area contributed by atoms with Gasteiger partial charge in [0, 0.05) is 67.2 Å². The Morgan fingerprint density at radius 1 is 1.29 bits per heavy atom. The Bertz CT molecular complexity index is 963. The lowest BCUT2D eigenvalue weighted by Gasteiger charge is -2.60. The van der Waals surface area contributed by atoms with Crippen LogP contribution in [0.5, 0.6) is 0 Å². The van der Waals surface area contributed by atoms with Crippen molar-refractivity contribution in [3.05, 3.63) is 71.6 Å². The maximum atomic E-state index is 6.82. The first kappa shape index (κ1) is 20.3. The maximum absolute atomic E-state index is 6.82. The summed E-state index contributed by atoms with van der Waals surface area (Å²) in [5.41, 5.74) is 17.9. The zero-order valence-electron chi connectivity index (χ0n) is 18.6. The van der Waals surface area contributed by atoms with Crippen LogP contribution in [0.15, 0.2) is 71.0 Å². The molecular weight excluding hydrogens is 384 g/mol. The van der Waals surface area contributed by atoms with E-state index in [4.69, 9.17) is 11.5 Å². The van der Waals surface area contributed by atoms with E-state index in [1.165, 1.54) is 11.3 Å². The zero-order valence-corrected chi connectivity index (χ0v) is 18.6. The van der Waals surface area contributed by atoms with Crippen LogP contribution >= 0.6 is 0 Å². The van der Waals surface area contributed by atoms with Gasteiger partial charge in [0.1, 0.15) is 5.84 Å². The third kappa shape index (κ3) is 3.04. The minimum Gasteiger partial charge on any atom is -0.390 e. The first-order valence-corrected chi connectivity index (χ1v) is 11.3. The Hall–Kier alpha value is -2.57. The predicted molar refractivity (Wildman–Crippen MR) is 126 cm³/mol. The lowest BCUT2D eigenvalue weighted by molar-refractivity contribution is -0.0294. The number of hydrogen-bond acceptors (Lipinski definition) is 6. The minimum atomic E-state index is -0.269. The molecule has 2 saturated heterocycles. The van der Waals surface area contributed by atoms with E-state index in [9.17, 15) is 0 Å². The Morgan fingerprint density at radius 3 is 2.71 bits per heavy atom. The number of nitrogens with zero attached hydrogens (tertiary/aromatic N) is 3. The van der Waals surface area contributed by atoms with Crippen LogP contribution in [0.2, 0.25) is 0 Å². The van der Waals surface area contributed by atoms with Crippen molar-refractivity contribution < 1.29 is 0 Å². The standard InChI is InChI=1S/C25H34N6/c1-16-9-10-21(30(16)3)23-25(22-19(28-2)14-29-24(22)27)12-11-20(18(26)13-25)31(23)15-17-7-5-4-6-8-17/h4-8,11-12,18,20-21,23,28H,1,9-10,13-15,26H2,2-3H3,(H2,27,29)/t18?,20?,21?,23-,25?/m1/s1. The lowest BCUT2D eigenvalue weighted by atomic mass is 9.58. The molecule has 6 rings (SSSR count). The fourth-order valence-electron chi connectivity index (χ4n) is 6.43. The second-order valence-corrected chi connectivity index (χ2v) is 9.45. The highest BCUT2D eigenvalue weighted by Gasteiger charge is 2.59. The van der Waals surface area contributed by atoms with Crippen molar-refractivity contribution in [1.29, 1.82) is 0 Å². The highest BCUT2D eigenvalue weighted by atomic mass is 15.3. The van der Waals surface area contributed by atoms with Crippen LogP contribution in [0.3, 0.4) is 0 Å². The Balaban J connectivity index is 1.66. The van der Waals surface area contributed by atoms with Gasteiger partial charge in [0.2, 0.25) is 0 Å². The molecule has 4 aliphatic heterocycles. The van der Waals surface area contributed by atoms with Gasteiger partial charge in [0.15, 0.2) is 0 Å². The fraction of sp³-hybridized carbons (Fsp3) is 0.480. The molecule has 5 aliphatic rings. The minimum absolute atomic E-state index is 0.0545. The molecule has 2 bridgehead atoms. The van der Waals surface area contributed by atoms with Crippen LogP contribution in [0.4, 0.5) is 0 Å². The van der Waals surface area contributed by atoms with E-state index in [0.717, 1.165) is 37.1 Å². The van der Waals surface area contributed by atoms with Crippen LogP contribution in [0.25, 0.3) is 0 Å². The maximum Gasteiger partial charge on any atom is 0.124 e. The van der Waals surface area contributed by atoms with Crippen molar-refractivity contribution in [3.63, 3.8) is 0 Å². The second-order valence-electron chi connectivity index (χ2n) is 9.45. The van der Waals surface area contributed by atoms with E-state index in [2.05, 4.69) is 76.2 Å². The molecule has 2 fully saturated rings. The van der Waals surface area contributed by atoms with Gasteiger partial charge in [-0.15, -0.1) is 0 Å². The third-order valence-electron chi connectivity index (χ3n) is 7.90. The number of allylic oxidation sites excluding steroid dienone is 1. The van der Waals surface area contributed by atoms with Gasteiger partial charge in [-0.1, -0.05) is 49.1 Å². The Morgan fingerprint density at radius 2 is 2.06 bits per heavy atom. The lowest BCUT2D eigenvalue weighted by Crippen LogP contribution is -2.70. The molecule has 0 aromatic heterocycles. The molecule has 0 saturated carbocycles. The zero-order chi connectivity index (χ0) is 21.8. The van der Waals surface area contributed by atoms with Gasteiger partial charge in [-0.25, -0.2) is 0 Å². The highest BCUT2D eigenvalue weighted by molar-refractivity contribution is 6.01. The molecule has 5 atom stereocenters. The van der Waals surface area contributed by atoms with Gasteiger partial charge < -0.3 is 21.7 Å².